The highest BCUT2D eigenvalue weighted by Gasteiger charge is 2.27. The molecule has 2 N–H and O–H groups in total. The van der Waals surface area contributed by atoms with Gasteiger partial charge in [-0.2, -0.15) is 0 Å². The first-order valence-electron chi connectivity index (χ1n) is 9.46. The fraction of sp³-hybridized carbons (Fsp3) is 0.500. The summed E-state index contributed by atoms with van der Waals surface area (Å²) in [7, 11) is 1.58. The van der Waals surface area contributed by atoms with Crippen LogP contribution in [0.1, 0.15) is 36.0 Å². The number of aliphatic carboxylic acids is 1. The van der Waals surface area contributed by atoms with Crippen LogP contribution >= 0.6 is 0 Å². The molecule has 1 aliphatic rings. The Morgan fingerprint density at radius 3 is 2.39 bits per heavy atom. The lowest BCUT2D eigenvalue weighted by molar-refractivity contribution is -0.146. The molecular weight excluding hydrogens is 362 g/mol. The third-order valence-corrected chi connectivity index (χ3v) is 4.88. The topological polar surface area (TPSA) is 107 Å². The van der Waals surface area contributed by atoms with Gasteiger partial charge in [0.2, 0.25) is 11.8 Å². The maximum atomic E-state index is 12.3. The van der Waals surface area contributed by atoms with Crippen molar-refractivity contribution in [3.8, 4) is 0 Å². The number of nitrogens with zero attached hydrogens (tertiary/aromatic N) is 2. The number of carbonyl (C=O) groups is 4. The molecule has 1 fully saturated rings. The van der Waals surface area contributed by atoms with Gasteiger partial charge in [-0.3, -0.25) is 19.2 Å². The van der Waals surface area contributed by atoms with E-state index in [2.05, 4.69) is 5.32 Å². The fourth-order valence-corrected chi connectivity index (χ4v) is 3.09. The summed E-state index contributed by atoms with van der Waals surface area (Å²) in [5.41, 5.74) is 0.572. The first-order valence-corrected chi connectivity index (χ1v) is 9.46. The minimum Gasteiger partial charge on any atom is -0.481 e. The van der Waals surface area contributed by atoms with Gasteiger partial charge < -0.3 is 20.2 Å². The molecule has 1 aromatic rings. The van der Waals surface area contributed by atoms with E-state index >= 15 is 0 Å². The highest BCUT2D eigenvalue weighted by molar-refractivity contribution is 5.94. The molecule has 0 radical (unpaired) electrons. The van der Waals surface area contributed by atoms with E-state index in [0.717, 1.165) is 0 Å². The summed E-state index contributed by atoms with van der Waals surface area (Å²) in [6.07, 6.45) is 1.61. The van der Waals surface area contributed by atoms with Crippen molar-refractivity contribution < 1.29 is 24.3 Å². The van der Waals surface area contributed by atoms with Crippen LogP contribution < -0.4 is 5.32 Å². The van der Waals surface area contributed by atoms with E-state index < -0.39 is 11.9 Å². The van der Waals surface area contributed by atoms with Gasteiger partial charge in [0, 0.05) is 38.7 Å². The van der Waals surface area contributed by atoms with Crippen molar-refractivity contribution in [3.05, 3.63) is 35.9 Å². The second-order valence-electron chi connectivity index (χ2n) is 6.97. The predicted molar refractivity (Wildman–Crippen MR) is 103 cm³/mol. The van der Waals surface area contributed by atoms with Crippen molar-refractivity contribution in [3.63, 3.8) is 0 Å². The van der Waals surface area contributed by atoms with Crippen LogP contribution in [-0.4, -0.2) is 71.8 Å². The minimum atomic E-state index is -0.821. The number of hydrogen-bond donors (Lipinski definition) is 2. The number of carboxylic acid groups (broad SMARTS) is 1. The van der Waals surface area contributed by atoms with Crippen molar-refractivity contribution in [2.75, 3.05) is 33.2 Å². The summed E-state index contributed by atoms with van der Waals surface area (Å²) in [6, 6.07) is 8.85. The summed E-state index contributed by atoms with van der Waals surface area (Å²) < 4.78 is 0. The Kier molecular flexibility index (Phi) is 7.98. The van der Waals surface area contributed by atoms with Gasteiger partial charge in [-0.25, -0.2) is 0 Å². The molecule has 1 saturated heterocycles. The van der Waals surface area contributed by atoms with Crippen molar-refractivity contribution in [1.82, 2.24) is 15.1 Å². The molecule has 0 unspecified atom stereocenters. The molecule has 0 bridgehead atoms. The zero-order chi connectivity index (χ0) is 20.5. The molecule has 28 heavy (non-hydrogen) atoms. The van der Waals surface area contributed by atoms with Gasteiger partial charge in [-0.15, -0.1) is 0 Å². The van der Waals surface area contributed by atoms with E-state index in [1.165, 1.54) is 4.90 Å². The van der Waals surface area contributed by atoms with Crippen molar-refractivity contribution >= 4 is 23.7 Å². The van der Waals surface area contributed by atoms with Gasteiger partial charge in [0.05, 0.1) is 12.5 Å². The summed E-state index contributed by atoms with van der Waals surface area (Å²) in [4.78, 5) is 50.3. The first kappa shape index (κ1) is 21.4. The second kappa shape index (κ2) is 10.4. The first-order chi connectivity index (χ1) is 13.4. The molecule has 1 aromatic carbocycles. The van der Waals surface area contributed by atoms with Crippen molar-refractivity contribution in [2.45, 2.75) is 25.7 Å². The standard InChI is InChI=1S/C20H27N3O5/c1-22(14-18(25)23-12-9-16(10-13-23)20(27)28)17(24)8-5-11-21-19(26)15-6-3-2-4-7-15/h2-4,6-7,16H,5,8-14H2,1H3,(H,21,26)(H,27,28). The van der Waals surface area contributed by atoms with Crippen molar-refractivity contribution in [2.24, 2.45) is 5.92 Å². The number of benzene rings is 1. The van der Waals surface area contributed by atoms with Gasteiger partial charge in [0.25, 0.3) is 5.91 Å². The maximum absolute atomic E-state index is 12.3. The third-order valence-electron chi connectivity index (χ3n) is 4.88. The number of likely N-dealkylation sites (N-methyl/N-ethyl adjacent to an activating group) is 1. The Balaban J connectivity index is 1.65. The Morgan fingerprint density at radius 1 is 1.14 bits per heavy atom. The third kappa shape index (κ3) is 6.37. The van der Waals surface area contributed by atoms with E-state index in [4.69, 9.17) is 5.11 Å². The van der Waals surface area contributed by atoms with Gasteiger partial charge >= 0.3 is 5.97 Å². The van der Waals surface area contributed by atoms with Crippen LogP contribution in [0.3, 0.4) is 0 Å². The molecule has 0 aliphatic carbocycles. The molecule has 8 nitrogen and oxygen atoms in total. The average Bonchev–Trinajstić information content (AvgIpc) is 2.71. The van der Waals surface area contributed by atoms with Gasteiger partial charge in [0.15, 0.2) is 0 Å². The van der Waals surface area contributed by atoms with Gasteiger partial charge in [0.1, 0.15) is 0 Å². The highest BCUT2D eigenvalue weighted by atomic mass is 16.4. The molecule has 1 heterocycles. The zero-order valence-corrected chi connectivity index (χ0v) is 16.1. The summed E-state index contributed by atoms with van der Waals surface area (Å²) >= 11 is 0. The number of nitrogens with one attached hydrogen (secondary N) is 1. The number of amides is 3. The number of carbonyl (C=O) groups excluding carboxylic acids is 3. The Labute approximate surface area is 164 Å². The van der Waals surface area contributed by atoms with E-state index in [1.807, 2.05) is 6.07 Å². The predicted octanol–water partition coefficient (Wildman–Crippen LogP) is 0.978. The zero-order valence-electron chi connectivity index (χ0n) is 16.1. The summed E-state index contributed by atoms with van der Waals surface area (Å²) in [5.74, 6) is -1.73. The maximum Gasteiger partial charge on any atom is 0.306 e. The SMILES string of the molecule is CN(CC(=O)N1CCC(C(=O)O)CC1)C(=O)CCCNC(=O)c1ccccc1. The average molecular weight is 389 g/mol. The summed E-state index contributed by atoms with van der Waals surface area (Å²) in [6.45, 7) is 1.17. The Bertz CT molecular complexity index is 699. The Morgan fingerprint density at radius 2 is 1.79 bits per heavy atom. The molecule has 3 amide bonds. The molecule has 0 aromatic heterocycles. The molecule has 0 atom stereocenters. The second-order valence-corrected chi connectivity index (χ2v) is 6.97. The van der Waals surface area contributed by atoms with Crippen LogP contribution in [-0.2, 0) is 14.4 Å². The molecule has 0 spiro atoms. The monoisotopic (exact) mass is 389 g/mol. The summed E-state index contributed by atoms with van der Waals surface area (Å²) in [5, 5.41) is 11.8. The molecule has 1 aliphatic heterocycles. The number of likely N-dealkylation sites (tertiary alicyclic amines) is 1. The van der Waals surface area contributed by atoms with E-state index in [9.17, 15) is 19.2 Å². The van der Waals surface area contributed by atoms with Gasteiger partial charge in [-0.05, 0) is 31.4 Å². The largest absolute Gasteiger partial charge is 0.481 e. The van der Waals surface area contributed by atoms with E-state index in [0.29, 0.717) is 44.5 Å². The van der Waals surface area contributed by atoms with Crippen molar-refractivity contribution in [1.29, 1.82) is 0 Å². The highest BCUT2D eigenvalue weighted by Crippen LogP contribution is 2.17. The lowest BCUT2D eigenvalue weighted by atomic mass is 9.97. The smallest absolute Gasteiger partial charge is 0.306 e. The van der Waals surface area contributed by atoms with Crippen LogP contribution in [0.2, 0.25) is 0 Å². The lowest BCUT2D eigenvalue weighted by Gasteiger charge is -2.31. The number of rotatable bonds is 8. The van der Waals surface area contributed by atoms with Crippen LogP contribution in [0.4, 0.5) is 0 Å². The Hall–Kier alpha value is -2.90. The van der Waals surface area contributed by atoms with Crippen LogP contribution in [0, 0.1) is 5.92 Å². The molecule has 0 saturated carbocycles. The molecule has 152 valence electrons. The van der Waals surface area contributed by atoms with E-state index in [-0.39, 0.29) is 30.7 Å². The number of hydrogen-bond acceptors (Lipinski definition) is 4. The molecule has 2 rings (SSSR count). The van der Waals surface area contributed by atoms with E-state index in [1.54, 1.807) is 36.2 Å². The number of piperidine rings is 1. The molecule has 8 heteroatoms. The van der Waals surface area contributed by atoms with Crippen LogP contribution in [0.25, 0.3) is 0 Å². The molecular formula is C20H27N3O5. The fourth-order valence-electron chi connectivity index (χ4n) is 3.09. The van der Waals surface area contributed by atoms with Crippen LogP contribution in [0.15, 0.2) is 30.3 Å². The minimum absolute atomic E-state index is 0.0209. The quantitative estimate of drug-likeness (QED) is 0.645. The van der Waals surface area contributed by atoms with Crippen LogP contribution in [0.5, 0.6) is 0 Å². The van der Waals surface area contributed by atoms with Gasteiger partial charge in [-0.1, -0.05) is 18.2 Å². The normalized spacial score (nSPS) is 14.4. The lowest BCUT2D eigenvalue weighted by Crippen LogP contribution is -2.45. The number of carboxylic acids is 1.